The van der Waals surface area contributed by atoms with Gasteiger partial charge < -0.3 is 10.2 Å². The maximum atomic E-state index is 13.5. The van der Waals surface area contributed by atoms with Crippen LogP contribution in [0.25, 0.3) is 0 Å². The van der Waals surface area contributed by atoms with E-state index in [1.165, 1.54) is 6.07 Å². The Morgan fingerprint density at radius 3 is 2.80 bits per heavy atom. The smallest absolute Gasteiger partial charge is 0.244 e. The number of anilines is 1. The van der Waals surface area contributed by atoms with Crippen LogP contribution in [0, 0.1) is 12.7 Å². The summed E-state index contributed by atoms with van der Waals surface area (Å²) < 4.78 is 13.9. The summed E-state index contributed by atoms with van der Waals surface area (Å²) in [6.45, 7) is 6.59. The SMILES string of the molecule is Cc1cc(F)c(Br)cc1N1CCCC(NC(C)C)C1=O. The molecule has 2 rings (SSSR count). The number of nitrogens with one attached hydrogen (secondary N) is 1. The largest absolute Gasteiger partial charge is 0.311 e. The summed E-state index contributed by atoms with van der Waals surface area (Å²) in [6.07, 6.45) is 1.81. The van der Waals surface area contributed by atoms with Gasteiger partial charge in [-0.1, -0.05) is 13.8 Å². The first-order chi connectivity index (χ1) is 9.40. The Morgan fingerprint density at radius 2 is 2.15 bits per heavy atom. The highest BCUT2D eigenvalue weighted by Crippen LogP contribution is 2.30. The third-order valence-corrected chi connectivity index (χ3v) is 4.11. The molecule has 0 aliphatic carbocycles. The second-order valence-corrected chi connectivity index (χ2v) is 6.41. The van der Waals surface area contributed by atoms with E-state index in [-0.39, 0.29) is 23.8 Å². The van der Waals surface area contributed by atoms with Gasteiger partial charge in [-0.3, -0.25) is 4.79 Å². The molecule has 0 saturated carbocycles. The van der Waals surface area contributed by atoms with Gasteiger partial charge in [-0.2, -0.15) is 0 Å². The molecule has 5 heteroatoms. The average molecular weight is 343 g/mol. The van der Waals surface area contributed by atoms with Crippen molar-refractivity contribution >= 4 is 27.5 Å². The van der Waals surface area contributed by atoms with Crippen LogP contribution < -0.4 is 10.2 Å². The number of carbonyl (C=O) groups is 1. The fraction of sp³-hybridized carbons (Fsp3) is 0.533. The number of hydrogen-bond donors (Lipinski definition) is 1. The summed E-state index contributed by atoms with van der Waals surface area (Å²) in [6, 6.07) is 3.28. The molecule has 0 bridgehead atoms. The van der Waals surface area contributed by atoms with Gasteiger partial charge >= 0.3 is 0 Å². The second-order valence-electron chi connectivity index (χ2n) is 5.56. The van der Waals surface area contributed by atoms with Crippen LogP contribution in [0.3, 0.4) is 0 Å². The Hall–Kier alpha value is -0.940. The summed E-state index contributed by atoms with van der Waals surface area (Å²) >= 11 is 3.19. The quantitative estimate of drug-likeness (QED) is 0.913. The molecule has 0 spiro atoms. The van der Waals surface area contributed by atoms with E-state index in [2.05, 4.69) is 21.2 Å². The van der Waals surface area contributed by atoms with E-state index in [0.717, 1.165) is 24.1 Å². The van der Waals surface area contributed by atoms with Gasteiger partial charge in [0.05, 0.1) is 10.5 Å². The Balaban J connectivity index is 2.28. The molecule has 1 saturated heterocycles. The molecule has 0 radical (unpaired) electrons. The summed E-state index contributed by atoms with van der Waals surface area (Å²) in [5.74, 6) is -0.223. The van der Waals surface area contributed by atoms with Crippen LogP contribution in [0.4, 0.5) is 10.1 Å². The minimum atomic E-state index is -0.299. The summed E-state index contributed by atoms with van der Waals surface area (Å²) in [4.78, 5) is 14.3. The summed E-state index contributed by atoms with van der Waals surface area (Å²) in [5, 5.41) is 3.30. The molecule has 1 fully saturated rings. The van der Waals surface area contributed by atoms with Gasteiger partial charge in [-0.15, -0.1) is 0 Å². The summed E-state index contributed by atoms with van der Waals surface area (Å²) in [5.41, 5.74) is 1.57. The van der Waals surface area contributed by atoms with Crippen molar-refractivity contribution in [2.75, 3.05) is 11.4 Å². The number of aryl methyl sites for hydroxylation is 1. The lowest BCUT2D eigenvalue weighted by molar-refractivity contribution is -0.121. The molecule has 1 aromatic carbocycles. The second kappa shape index (κ2) is 6.22. The molecule has 1 heterocycles. The van der Waals surface area contributed by atoms with Crippen LogP contribution >= 0.6 is 15.9 Å². The van der Waals surface area contributed by atoms with Gasteiger partial charge in [0.25, 0.3) is 0 Å². The Labute approximate surface area is 127 Å². The molecule has 1 aromatic rings. The van der Waals surface area contributed by atoms with Crippen LogP contribution in [-0.2, 0) is 4.79 Å². The molecule has 1 aliphatic heterocycles. The number of halogens is 2. The third-order valence-electron chi connectivity index (χ3n) is 3.50. The van der Waals surface area contributed by atoms with E-state index in [9.17, 15) is 9.18 Å². The lowest BCUT2D eigenvalue weighted by Crippen LogP contribution is -2.52. The number of amides is 1. The molecule has 110 valence electrons. The molecular weight excluding hydrogens is 323 g/mol. The minimum absolute atomic E-state index is 0.0755. The van der Waals surface area contributed by atoms with Gasteiger partial charge in [0.2, 0.25) is 5.91 Å². The number of benzene rings is 1. The van der Waals surface area contributed by atoms with E-state index in [0.29, 0.717) is 11.0 Å². The zero-order valence-electron chi connectivity index (χ0n) is 12.0. The van der Waals surface area contributed by atoms with E-state index < -0.39 is 0 Å². The molecule has 20 heavy (non-hydrogen) atoms. The van der Waals surface area contributed by atoms with Crippen LogP contribution in [0.15, 0.2) is 16.6 Å². The standard InChI is InChI=1S/C15H20BrFN2O/c1-9(2)18-13-5-4-6-19(15(13)20)14-8-11(16)12(17)7-10(14)3/h7-9,13,18H,4-6H2,1-3H3. The zero-order chi connectivity index (χ0) is 14.9. The number of rotatable bonds is 3. The predicted octanol–water partition coefficient (Wildman–Crippen LogP) is 3.39. The van der Waals surface area contributed by atoms with Gasteiger partial charge in [0, 0.05) is 18.3 Å². The normalized spacial score (nSPS) is 19.8. The van der Waals surface area contributed by atoms with Crippen molar-refractivity contribution in [3.05, 3.63) is 28.0 Å². The molecule has 3 nitrogen and oxygen atoms in total. The average Bonchev–Trinajstić information content (AvgIpc) is 2.36. The predicted molar refractivity (Wildman–Crippen MR) is 82.5 cm³/mol. The number of piperidine rings is 1. The van der Waals surface area contributed by atoms with Crippen LogP contribution in [0.5, 0.6) is 0 Å². The highest BCUT2D eigenvalue weighted by molar-refractivity contribution is 9.10. The van der Waals surface area contributed by atoms with Crippen LogP contribution in [0.1, 0.15) is 32.3 Å². The lowest BCUT2D eigenvalue weighted by Gasteiger charge is -2.34. The number of nitrogens with zero attached hydrogens (tertiary/aromatic N) is 1. The van der Waals surface area contributed by atoms with E-state index in [1.807, 2.05) is 20.8 Å². The first-order valence-corrected chi connectivity index (χ1v) is 7.72. The highest BCUT2D eigenvalue weighted by Gasteiger charge is 2.30. The van der Waals surface area contributed by atoms with Crippen molar-refractivity contribution in [2.45, 2.75) is 45.7 Å². The van der Waals surface area contributed by atoms with Crippen molar-refractivity contribution < 1.29 is 9.18 Å². The molecule has 1 amide bonds. The molecule has 1 aliphatic rings. The molecule has 1 atom stereocenters. The molecule has 0 aromatic heterocycles. The lowest BCUT2D eigenvalue weighted by atomic mass is 10.0. The monoisotopic (exact) mass is 342 g/mol. The van der Waals surface area contributed by atoms with Crippen molar-refractivity contribution in [1.29, 1.82) is 0 Å². The van der Waals surface area contributed by atoms with Crippen molar-refractivity contribution in [3.8, 4) is 0 Å². The molecular formula is C15H20BrFN2O. The van der Waals surface area contributed by atoms with Crippen molar-refractivity contribution in [1.82, 2.24) is 5.32 Å². The maximum absolute atomic E-state index is 13.5. The Morgan fingerprint density at radius 1 is 1.45 bits per heavy atom. The van der Waals surface area contributed by atoms with Gasteiger partial charge in [0.1, 0.15) is 5.82 Å². The first kappa shape index (κ1) is 15.4. The first-order valence-electron chi connectivity index (χ1n) is 6.93. The van der Waals surface area contributed by atoms with Gasteiger partial charge in [0.15, 0.2) is 0 Å². The topological polar surface area (TPSA) is 32.3 Å². The fourth-order valence-corrected chi connectivity index (χ4v) is 2.93. The van der Waals surface area contributed by atoms with E-state index in [1.54, 1.807) is 11.0 Å². The number of carbonyl (C=O) groups excluding carboxylic acids is 1. The Bertz CT molecular complexity index is 519. The number of hydrogen-bond acceptors (Lipinski definition) is 2. The maximum Gasteiger partial charge on any atom is 0.244 e. The van der Waals surface area contributed by atoms with Gasteiger partial charge in [-0.05, 0) is 53.4 Å². The van der Waals surface area contributed by atoms with Gasteiger partial charge in [-0.25, -0.2) is 4.39 Å². The van der Waals surface area contributed by atoms with Crippen LogP contribution in [-0.4, -0.2) is 24.5 Å². The molecule has 1 N–H and O–H groups in total. The van der Waals surface area contributed by atoms with Crippen molar-refractivity contribution in [2.24, 2.45) is 0 Å². The summed E-state index contributed by atoms with van der Waals surface area (Å²) in [7, 11) is 0. The van der Waals surface area contributed by atoms with Crippen molar-refractivity contribution in [3.63, 3.8) is 0 Å². The van der Waals surface area contributed by atoms with E-state index in [4.69, 9.17) is 0 Å². The highest BCUT2D eigenvalue weighted by atomic mass is 79.9. The van der Waals surface area contributed by atoms with E-state index >= 15 is 0 Å². The zero-order valence-corrected chi connectivity index (χ0v) is 13.6. The molecule has 1 unspecified atom stereocenters. The Kier molecular flexibility index (Phi) is 4.81. The third kappa shape index (κ3) is 3.20. The fourth-order valence-electron chi connectivity index (χ4n) is 2.60. The van der Waals surface area contributed by atoms with Crippen LogP contribution in [0.2, 0.25) is 0 Å². The minimum Gasteiger partial charge on any atom is -0.311 e.